The second kappa shape index (κ2) is 8.64. The molecule has 31 heavy (non-hydrogen) atoms. The fourth-order valence-electron chi connectivity index (χ4n) is 8.94. The number of hydrogen-bond acceptors (Lipinski definition) is 2. The zero-order valence-electron chi connectivity index (χ0n) is 21.0. The van der Waals surface area contributed by atoms with Crippen molar-refractivity contribution in [2.75, 3.05) is 0 Å². The molecule has 0 aromatic carbocycles. The van der Waals surface area contributed by atoms with E-state index < -0.39 is 0 Å². The minimum absolute atomic E-state index is 0.0953. The number of fused-ring (bicyclic) bond motifs is 5. The topological polar surface area (TPSA) is 40.5 Å². The molecule has 2 N–H and O–H groups in total. The largest absolute Gasteiger partial charge is 0.389 e. The summed E-state index contributed by atoms with van der Waals surface area (Å²) in [6.45, 7) is 14.5. The first-order valence-corrected chi connectivity index (χ1v) is 13.4. The van der Waals surface area contributed by atoms with Crippen LogP contribution in [0, 0.1) is 52.3 Å². The molecule has 3 fully saturated rings. The van der Waals surface area contributed by atoms with Gasteiger partial charge in [0.1, 0.15) is 0 Å². The van der Waals surface area contributed by atoms with Crippen LogP contribution in [-0.4, -0.2) is 22.4 Å². The molecule has 0 radical (unpaired) electrons. The van der Waals surface area contributed by atoms with Crippen molar-refractivity contribution in [1.29, 1.82) is 0 Å². The minimum atomic E-state index is -0.357. The lowest BCUT2D eigenvalue weighted by atomic mass is 9.46. The van der Waals surface area contributed by atoms with Crippen LogP contribution in [0.5, 0.6) is 0 Å². The Hall–Kier alpha value is -0.600. The first-order valence-electron chi connectivity index (χ1n) is 13.4. The average Bonchev–Trinajstić information content (AvgIpc) is 3.07. The van der Waals surface area contributed by atoms with Crippen LogP contribution >= 0.6 is 0 Å². The molecule has 0 heterocycles. The zero-order valence-corrected chi connectivity index (χ0v) is 21.0. The van der Waals surface area contributed by atoms with Crippen molar-refractivity contribution in [2.45, 2.75) is 105 Å². The Morgan fingerprint density at radius 3 is 2.42 bits per heavy atom. The SMILES string of the molecule is CC[C@H](C=C[C@@H](C)[C@H]1CC[C@H]2[C@@H]3C[C@@H](O)C4=C[C@@H](O)CC[C@]4(C)[C@H]3CC[C@]12C)C(C)C. The number of aliphatic hydroxyl groups excluding tert-OH is 2. The normalized spacial score (nSPS) is 46.9. The molecule has 4 aliphatic rings. The van der Waals surface area contributed by atoms with Crippen LogP contribution in [0.4, 0.5) is 0 Å². The molecule has 0 bridgehead atoms. The lowest BCUT2D eigenvalue weighted by Crippen LogP contribution is -2.54. The predicted octanol–water partition coefficient (Wildman–Crippen LogP) is 6.77. The van der Waals surface area contributed by atoms with Crippen molar-refractivity contribution >= 4 is 0 Å². The molecule has 4 rings (SSSR count). The first-order chi connectivity index (χ1) is 14.6. The van der Waals surface area contributed by atoms with Gasteiger partial charge in [-0.3, -0.25) is 0 Å². The number of allylic oxidation sites excluding steroid dienone is 2. The third-order valence-corrected chi connectivity index (χ3v) is 10.8. The molecule has 2 heteroatoms. The smallest absolute Gasteiger partial charge is 0.0759 e. The second-order valence-electron chi connectivity index (χ2n) is 12.6. The molecule has 3 saturated carbocycles. The fourth-order valence-corrected chi connectivity index (χ4v) is 8.94. The van der Waals surface area contributed by atoms with E-state index in [2.05, 4.69) is 53.7 Å². The summed E-state index contributed by atoms with van der Waals surface area (Å²) in [5.41, 5.74) is 1.68. The zero-order chi connectivity index (χ0) is 22.6. The maximum atomic E-state index is 11.1. The molecule has 0 aliphatic heterocycles. The molecule has 176 valence electrons. The van der Waals surface area contributed by atoms with Gasteiger partial charge in [-0.05, 0) is 109 Å². The minimum Gasteiger partial charge on any atom is -0.389 e. The quantitative estimate of drug-likeness (QED) is 0.474. The molecule has 4 aliphatic carbocycles. The maximum Gasteiger partial charge on any atom is 0.0759 e. The first kappa shape index (κ1) is 23.6. The molecule has 0 aromatic heterocycles. The highest BCUT2D eigenvalue weighted by Gasteiger charge is 2.60. The Balaban J connectivity index is 1.55. The van der Waals surface area contributed by atoms with Gasteiger partial charge in [0, 0.05) is 0 Å². The van der Waals surface area contributed by atoms with Crippen molar-refractivity contribution in [3.8, 4) is 0 Å². The van der Waals surface area contributed by atoms with E-state index in [1.54, 1.807) is 0 Å². The summed E-state index contributed by atoms with van der Waals surface area (Å²) < 4.78 is 0. The van der Waals surface area contributed by atoms with Crippen LogP contribution in [0.3, 0.4) is 0 Å². The van der Waals surface area contributed by atoms with Crippen LogP contribution in [-0.2, 0) is 0 Å². The standard InChI is InChI=1S/C29H48O2/c1-7-20(18(2)3)9-8-19(4)23-10-11-24-22-17-27(31)26-16-21(30)12-14-29(26,6)25(22)13-15-28(23,24)5/h8-9,16,18-25,27,30-31H,7,10-15,17H2,1-6H3/t19-,20-,21+,22+,23-,24+,25+,27-,28-,29-/m1/s1. The number of rotatable bonds is 5. The van der Waals surface area contributed by atoms with Crippen LogP contribution in [0.15, 0.2) is 23.8 Å². The van der Waals surface area contributed by atoms with Crippen molar-refractivity contribution in [2.24, 2.45) is 52.3 Å². The Morgan fingerprint density at radius 2 is 1.74 bits per heavy atom. The van der Waals surface area contributed by atoms with E-state index in [1.165, 1.54) is 37.7 Å². The van der Waals surface area contributed by atoms with E-state index >= 15 is 0 Å². The third kappa shape index (κ3) is 3.88. The summed E-state index contributed by atoms with van der Waals surface area (Å²) in [5.74, 6) is 4.91. The molecule has 2 nitrogen and oxygen atoms in total. The predicted molar refractivity (Wildman–Crippen MR) is 130 cm³/mol. The maximum absolute atomic E-state index is 11.1. The Labute approximate surface area is 191 Å². The van der Waals surface area contributed by atoms with Crippen LogP contribution in [0.25, 0.3) is 0 Å². The van der Waals surface area contributed by atoms with E-state index in [0.717, 1.165) is 37.0 Å². The highest BCUT2D eigenvalue weighted by molar-refractivity contribution is 5.29. The molecule has 10 atom stereocenters. The van der Waals surface area contributed by atoms with Gasteiger partial charge in [0.2, 0.25) is 0 Å². The average molecular weight is 429 g/mol. The molecule has 0 unspecified atom stereocenters. The summed E-state index contributed by atoms with van der Waals surface area (Å²) >= 11 is 0. The van der Waals surface area contributed by atoms with Gasteiger partial charge >= 0.3 is 0 Å². The summed E-state index contributed by atoms with van der Waals surface area (Å²) in [6.07, 6.45) is 15.8. The van der Waals surface area contributed by atoms with E-state index in [1.807, 2.05) is 6.08 Å². The number of aliphatic hydroxyl groups is 2. The van der Waals surface area contributed by atoms with Gasteiger partial charge in [-0.1, -0.05) is 59.8 Å². The van der Waals surface area contributed by atoms with Gasteiger partial charge in [0.25, 0.3) is 0 Å². The third-order valence-electron chi connectivity index (χ3n) is 10.8. The van der Waals surface area contributed by atoms with Crippen molar-refractivity contribution in [1.82, 2.24) is 0 Å². The van der Waals surface area contributed by atoms with Crippen LogP contribution in [0.2, 0.25) is 0 Å². The Morgan fingerprint density at radius 1 is 1.00 bits per heavy atom. The van der Waals surface area contributed by atoms with Gasteiger partial charge in [-0.25, -0.2) is 0 Å². The summed E-state index contributed by atoms with van der Waals surface area (Å²) in [4.78, 5) is 0. The molecular weight excluding hydrogens is 380 g/mol. The van der Waals surface area contributed by atoms with E-state index in [0.29, 0.717) is 29.1 Å². The van der Waals surface area contributed by atoms with Gasteiger partial charge in [-0.2, -0.15) is 0 Å². The molecule has 0 saturated heterocycles. The van der Waals surface area contributed by atoms with Gasteiger partial charge in [0.05, 0.1) is 12.2 Å². The van der Waals surface area contributed by atoms with Crippen LogP contribution < -0.4 is 0 Å². The van der Waals surface area contributed by atoms with Gasteiger partial charge in [0.15, 0.2) is 0 Å². The lowest BCUT2D eigenvalue weighted by molar-refractivity contribution is -0.0852. The fraction of sp³-hybridized carbons (Fsp3) is 0.862. The second-order valence-corrected chi connectivity index (χ2v) is 12.6. The molecule has 0 aromatic rings. The Bertz CT molecular complexity index is 708. The Kier molecular flexibility index (Phi) is 6.56. The van der Waals surface area contributed by atoms with Crippen molar-refractivity contribution in [3.63, 3.8) is 0 Å². The molecule has 0 amide bonds. The van der Waals surface area contributed by atoms with Crippen LogP contribution in [0.1, 0.15) is 92.9 Å². The van der Waals surface area contributed by atoms with E-state index in [9.17, 15) is 10.2 Å². The summed E-state index contributed by atoms with van der Waals surface area (Å²) in [6, 6.07) is 0. The highest BCUT2D eigenvalue weighted by atomic mass is 16.3. The lowest BCUT2D eigenvalue weighted by Gasteiger charge is -2.59. The molecule has 0 spiro atoms. The summed E-state index contributed by atoms with van der Waals surface area (Å²) in [5, 5.41) is 21.4. The van der Waals surface area contributed by atoms with Gasteiger partial charge < -0.3 is 10.2 Å². The van der Waals surface area contributed by atoms with E-state index in [-0.39, 0.29) is 17.6 Å². The molecular formula is C29H48O2. The van der Waals surface area contributed by atoms with Crippen molar-refractivity contribution < 1.29 is 10.2 Å². The van der Waals surface area contributed by atoms with Crippen molar-refractivity contribution in [3.05, 3.63) is 23.8 Å². The highest BCUT2D eigenvalue weighted by Crippen LogP contribution is 2.67. The van der Waals surface area contributed by atoms with E-state index in [4.69, 9.17) is 0 Å². The monoisotopic (exact) mass is 428 g/mol. The number of hydrogen-bond donors (Lipinski definition) is 2. The van der Waals surface area contributed by atoms with Gasteiger partial charge in [-0.15, -0.1) is 0 Å². The summed E-state index contributed by atoms with van der Waals surface area (Å²) in [7, 11) is 0.